The molecule has 0 heterocycles. The number of fused-ring (bicyclic) bond motifs is 1. The van der Waals surface area contributed by atoms with Crippen molar-refractivity contribution < 1.29 is 13.6 Å². The van der Waals surface area contributed by atoms with Crippen LogP contribution in [0.25, 0.3) is 10.8 Å². The normalized spacial score (nSPS) is 11.7. The number of anilines is 1. The molecule has 0 fully saturated rings. The summed E-state index contributed by atoms with van der Waals surface area (Å²) in [5.41, 5.74) is 0.496. The van der Waals surface area contributed by atoms with E-state index < -0.39 is 17.9 Å². The van der Waals surface area contributed by atoms with Gasteiger partial charge in [-0.1, -0.05) is 66.7 Å². The molecule has 0 unspecified atom stereocenters. The smallest absolute Gasteiger partial charge is 0.278 e. The van der Waals surface area contributed by atoms with Crippen molar-refractivity contribution in [2.75, 3.05) is 5.32 Å². The Labute approximate surface area is 138 Å². The molecule has 0 saturated heterocycles. The van der Waals surface area contributed by atoms with Gasteiger partial charge in [0, 0.05) is 22.7 Å². The molecule has 0 bridgehead atoms. The fourth-order valence-electron chi connectivity index (χ4n) is 2.47. The highest BCUT2D eigenvalue weighted by atomic mass is 19.3. The lowest BCUT2D eigenvalue weighted by Crippen LogP contribution is -2.11. The number of allylic oxidation sites excluding steroid dienone is 2. The van der Waals surface area contributed by atoms with Crippen LogP contribution in [0.3, 0.4) is 0 Å². The minimum absolute atomic E-state index is 0.371. The Kier molecular flexibility index (Phi) is 4.66. The van der Waals surface area contributed by atoms with Crippen LogP contribution in [-0.2, 0) is 0 Å². The van der Waals surface area contributed by atoms with Crippen molar-refractivity contribution in [3.63, 3.8) is 0 Å². The average molecular weight is 323 g/mol. The zero-order chi connectivity index (χ0) is 16.9. The summed E-state index contributed by atoms with van der Waals surface area (Å²) in [6, 6.07) is 21.2. The van der Waals surface area contributed by atoms with E-state index in [4.69, 9.17) is 0 Å². The number of carbonyl (C=O) groups is 1. The van der Waals surface area contributed by atoms with Crippen molar-refractivity contribution in [1.82, 2.24) is 0 Å². The first kappa shape index (κ1) is 15.9. The first-order valence-corrected chi connectivity index (χ1v) is 7.49. The lowest BCUT2D eigenvalue weighted by molar-refractivity contribution is 0.104. The van der Waals surface area contributed by atoms with Crippen LogP contribution in [-0.4, -0.2) is 12.2 Å². The molecular formula is C20H15F2NO. The predicted molar refractivity (Wildman–Crippen MR) is 92.4 cm³/mol. The minimum atomic E-state index is -2.78. The van der Waals surface area contributed by atoms with Crippen LogP contribution >= 0.6 is 0 Å². The van der Waals surface area contributed by atoms with Gasteiger partial charge in [0.25, 0.3) is 6.43 Å². The fourth-order valence-corrected chi connectivity index (χ4v) is 2.47. The first-order chi connectivity index (χ1) is 11.6. The molecule has 3 aromatic rings. The van der Waals surface area contributed by atoms with Crippen molar-refractivity contribution in [2.45, 2.75) is 6.43 Å². The third-order valence-corrected chi connectivity index (χ3v) is 3.65. The first-order valence-electron chi connectivity index (χ1n) is 7.49. The summed E-state index contributed by atoms with van der Waals surface area (Å²) >= 11 is 0. The van der Waals surface area contributed by atoms with Crippen LogP contribution in [0, 0.1) is 0 Å². The van der Waals surface area contributed by atoms with Gasteiger partial charge >= 0.3 is 0 Å². The maximum absolute atomic E-state index is 13.4. The van der Waals surface area contributed by atoms with Gasteiger partial charge in [0.05, 0.1) is 5.70 Å². The van der Waals surface area contributed by atoms with Crippen LogP contribution in [0.15, 0.2) is 84.6 Å². The van der Waals surface area contributed by atoms with E-state index in [0.717, 1.165) is 16.8 Å². The van der Waals surface area contributed by atoms with Gasteiger partial charge in [-0.3, -0.25) is 4.79 Å². The van der Waals surface area contributed by atoms with E-state index in [1.54, 1.807) is 42.5 Å². The number of rotatable bonds is 5. The molecule has 24 heavy (non-hydrogen) atoms. The van der Waals surface area contributed by atoms with Gasteiger partial charge in [0.1, 0.15) is 0 Å². The van der Waals surface area contributed by atoms with E-state index >= 15 is 0 Å². The van der Waals surface area contributed by atoms with Crippen molar-refractivity contribution in [2.24, 2.45) is 0 Å². The second-order valence-corrected chi connectivity index (χ2v) is 5.28. The number of hydrogen-bond donors (Lipinski definition) is 1. The number of benzene rings is 3. The van der Waals surface area contributed by atoms with Crippen LogP contribution in [0.5, 0.6) is 0 Å². The van der Waals surface area contributed by atoms with Crippen molar-refractivity contribution in [3.05, 3.63) is 90.1 Å². The zero-order valence-corrected chi connectivity index (χ0v) is 12.7. The highest BCUT2D eigenvalue weighted by molar-refractivity contribution is 6.05. The largest absolute Gasteiger partial charge is 0.354 e. The van der Waals surface area contributed by atoms with Crippen molar-refractivity contribution >= 4 is 22.2 Å². The highest BCUT2D eigenvalue weighted by Crippen LogP contribution is 2.25. The van der Waals surface area contributed by atoms with Gasteiger partial charge in [0.15, 0.2) is 5.78 Å². The van der Waals surface area contributed by atoms with Gasteiger partial charge in [-0.25, -0.2) is 8.78 Å². The van der Waals surface area contributed by atoms with E-state index in [1.165, 1.54) is 0 Å². The van der Waals surface area contributed by atoms with Gasteiger partial charge in [-0.05, 0) is 11.5 Å². The summed E-state index contributed by atoms with van der Waals surface area (Å²) < 4.78 is 26.8. The number of halogens is 2. The number of carbonyl (C=O) groups excluding carboxylic acids is 1. The van der Waals surface area contributed by atoms with Crippen molar-refractivity contribution in [3.8, 4) is 0 Å². The number of ketones is 1. The molecule has 2 nitrogen and oxygen atoms in total. The third kappa shape index (κ3) is 3.49. The molecule has 0 spiro atoms. The Morgan fingerprint density at radius 3 is 2.29 bits per heavy atom. The summed E-state index contributed by atoms with van der Waals surface area (Å²) in [6.45, 7) is 0. The predicted octanol–water partition coefficient (Wildman–Crippen LogP) is 5.28. The van der Waals surface area contributed by atoms with E-state index in [0.29, 0.717) is 11.3 Å². The van der Waals surface area contributed by atoms with Crippen LogP contribution in [0.1, 0.15) is 10.4 Å². The summed E-state index contributed by atoms with van der Waals surface area (Å²) in [7, 11) is 0. The molecule has 0 aliphatic heterocycles. The van der Waals surface area contributed by atoms with Gasteiger partial charge in [0.2, 0.25) is 0 Å². The van der Waals surface area contributed by atoms with E-state index in [9.17, 15) is 13.6 Å². The van der Waals surface area contributed by atoms with Crippen LogP contribution < -0.4 is 5.32 Å². The summed E-state index contributed by atoms with van der Waals surface area (Å²) in [4.78, 5) is 12.2. The Bertz CT molecular complexity index is 883. The van der Waals surface area contributed by atoms with Crippen molar-refractivity contribution in [1.29, 1.82) is 0 Å². The monoisotopic (exact) mass is 323 g/mol. The van der Waals surface area contributed by atoms with Crippen LogP contribution in [0.4, 0.5) is 14.5 Å². The summed E-state index contributed by atoms with van der Waals surface area (Å²) in [5.74, 6) is -0.460. The molecule has 0 aliphatic carbocycles. The Hall–Kier alpha value is -3.01. The maximum Gasteiger partial charge on any atom is 0.278 e. The molecule has 4 heteroatoms. The molecule has 3 aromatic carbocycles. The van der Waals surface area contributed by atoms with Gasteiger partial charge in [-0.2, -0.15) is 0 Å². The Morgan fingerprint density at radius 1 is 0.875 bits per heavy atom. The van der Waals surface area contributed by atoms with Gasteiger partial charge < -0.3 is 5.32 Å². The fraction of sp³-hybridized carbons (Fsp3) is 0.0500. The summed E-state index contributed by atoms with van der Waals surface area (Å²) in [5, 5.41) is 4.47. The second-order valence-electron chi connectivity index (χ2n) is 5.28. The molecule has 0 amide bonds. The van der Waals surface area contributed by atoms with E-state index in [1.807, 2.05) is 30.3 Å². The number of hydrogen-bond acceptors (Lipinski definition) is 2. The topological polar surface area (TPSA) is 29.1 Å². The molecule has 0 radical (unpaired) electrons. The standard InChI is InChI=1S/C20H15F2NO/c21-20(22)18(13-19(24)15-8-2-1-3-9-15)23-17-12-6-10-14-7-4-5-11-16(14)17/h1-13,20,23H/b18-13+. The maximum atomic E-state index is 13.4. The average Bonchev–Trinajstić information content (AvgIpc) is 2.62. The zero-order valence-electron chi connectivity index (χ0n) is 12.7. The van der Waals surface area contributed by atoms with E-state index in [-0.39, 0.29) is 0 Å². The Balaban J connectivity index is 1.94. The second kappa shape index (κ2) is 7.04. The Morgan fingerprint density at radius 2 is 1.54 bits per heavy atom. The molecule has 3 rings (SSSR count). The third-order valence-electron chi connectivity index (χ3n) is 3.65. The molecule has 0 aromatic heterocycles. The lowest BCUT2D eigenvalue weighted by atomic mass is 10.1. The minimum Gasteiger partial charge on any atom is -0.354 e. The molecule has 0 aliphatic rings. The molecular weight excluding hydrogens is 308 g/mol. The lowest BCUT2D eigenvalue weighted by Gasteiger charge is -2.12. The summed E-state index contributed by atoms with van der Waals surface area (Å²) in [6.07, 6.45) is -1.82. The van der Waals surface area contributed by atoms with E-state index in [2.05, 4.69) is 5.32 Å². The van der Waals surface area contributed by atoms with Gasteiger partial charge in [-0.15, -0.1) is 0 Å². The molecule has 0 saturated carbocycles. The highest BCUT2D eigenvalue weighted by Gasteiger charge is 2.15. The SMILES string of the molecule is O=C(/C=C(/Nc1cccc2ccccc12)C(F)F)c1ccccc1. The molecule has 120 valence electrons. The quantitative estimate of drug-likeness (QED) is 0.511. The number of nitrogens with one attached hydrogen (secondary N) is 1. The van der Waals surface area contributed by atoms with Crippen LogP contribution in [0.2, 0.25) is 0 Å². The number of alkyl halides is 2. The molecule has 0 atom stereocenters. The molecule has 1 N–H and O–H groups in total.